The van der Waals surface area contributed by atoms with Crippen molar-refractivity contribution in [3.05, 3.63) is 35.0 Å². The Hall–Kier alpha value is -1.46. The van der Waals surface area contributed by atoms with Gasteiger partial charge in [-0.05, 0) is 16.8 Å². The summed E-state index contributed by atoms with van der Waals surface area (Å²) in [6, 6.07) is 2.02. The normalized spacial score (nSPS) is 10.9. The van der Waals surface area contributed by atoms with Crippen LogP contribution in [0.1, 0.15) is 10.5 Å². The molecule has 74 valence electrons. The number of imidazole rings is 1. The molecule has 0 unspecified atom stereocenters. The summed E-state index contributed by atoms with van der Waals surface area (Å²) in [5.41, 5.74) is 1.79. The van der Waals surface area contributed by atoms with Crippen molar-refractivity contribution < 1.29 is 4.79 Å². The van der Waals surface area contributed by atoms with Crippen molar-refractivity contribution in [2.45, 2.75) is 0 Å². The highest BCUT2D eigenvalue weighted by Crippen LogP contribution is 2.33. The Labute approximate surface area is 93.6 Å². The molecule has 3 heterocycles. The van der Waals surface area contributed by atoms with E-state index in [9.17, 15) is 4.79 Å². The lowest BCUT2D eigenvalue weighted by molar-refractivity contribution is 0.111. The maximum absolute atomic E-state index is 11.1. The maximum Gasteiger partial charge on any atom is 0.168 e. The standard InChI is InChI=1S/C10H6N2OS2/c13-4-8-10(7-1-2-14-5-7)15-9-3-11-6-12(8)9/h1-6H. The van der Waals surface area contributed by atoms with Crippen molar-refractivity contribution in [2.75, 3.05) is 0 Å². The van der Waals surface area contributed by atoms with Crippen LogP contribution < -0.4 is 0 Å². The molecular weight excluding hydrogens is 228 g/mol. The van der Waals surface area contributed by atoms with E-state index in [2.05, 4.69) is 4.98 Å². The van der Waals surface area contributed by atoms with E-state index in [-0.39, 0.29) is 0 Å². The second-order valence-corrected chi connectivity index (χ2v) is 4.86. The first kappa shape index (κ1) is 8.82. The average molecular weight is 234 g/mol. The smallest absolute Gasteiger partial charge is 0.168 e. The van der Waals surface area contributed by atoms with Crippen molar-refractivity contribution in [3.8, 4) is 10.4 Å². The van der Waals surface area contributed by atoms with Gasteiger partial charge in [0.25, 0.3) is 0 Å². The first-order chi connectivity index (χ1) is 7.40. The van der Waals surface area contributed by atoms with Crippen LogP contribution in [0.4, 0.5) is 0 Å². The summed E-state index contributed by atoms with van der Waals surface area (Å²) in [5, 5.41) is 4.06. The van der Waals surface area contributed by atoms with Gasteiger partial charge in [0.15, 0.2) is 6.29 Å². The Morgan fingerprint density at radius 2 is 2.40 bits per heavy atom. The minimum atomic E-state index is 0.686. The molecule has 0 amide bonds. The van der Waals surface area contributed by atoms with Crippen LogP contribution in [0, 0.1) is 0 Å². The van der Waals surface area contributed by atoms with Crippen LogP contribution in [0.3, 0.4) is 0 Å². The zero-order valence-electron chi connectivity index (χ0n) is 7.58. The van der Waals surface area contributed by atoms with E-state index in [1.54, 1.807) is 35.2 Å². The molecule has 0 saturated heterocycles. The van der Waals surface area contributed by atoms with Gasteiger partial charge in [-0.15, -0.1) is 11.3 Å². The second kappa shape index (κ2) is 3.29. The highest BCUT2D eigenvalue weighted by molar-refractivity contribution is 7.21. The zero-order chi connectivity index (χ0) is 10.3. The van der Waals surface area contributed by atoms with Crippen LogP contribution in [-0.2, 0) is 0 Å². The van der Waals surface area contributed by atoms with Crippen LogP contribution in [-0.4, -0.2) is 15.7 Å². The number of carbonyl (C=O) groups excluding carboxylic acids is 1. The van der Waals surface area contributed by atoms with E-state index in [1.807, 2.05) is 21.2 Å². The molecule has 0 aromatic carbocycles. The molecule has 3 nitrogen and oxygen atoms in total. The van der Waals surface area contributed by atoms with Crippen molar-refractivity contribution >= 4 is 33.8 Å². The number of aromatic nitrogens is 2. The third-order valence-corrected chi connectivity index (χ3v) is 4.04. The maximum atomic E-state index is 11.1. The largest absolute Gasteiger partial charge is 0.296 e. The summed E-state index contributed by atoms with van der Waals surface area (Å²) in [4.78, 5) is 17.1. The van der Waals surface area contributed by atoms with Gasteiger partial charge in [0, 0.05) is 5.56 Å². The second-order valence-electron chi connectivity index (χ2n) is 3.05. The number of carbonyl (C=O) groups is 1. The molecule has 0 spiro atoms. The molecule has 15 heavy (non-hydrogen) atoms. The topological polar surface area (TPSA) is 34.4 Å². The van der Waals surface area contributed by atoms with Gasteiger partial charge >= 0.3 is 0 Å². The molecular formula is C10H6N2OS2. The van der Waals surface area contributed by atoms with Gasteiger partial charge in [-0.1, -0.05) is 0 Å². The summed E-state index contributed by atoms with van der Waals surface area (Å²) in [6.07, 6.45) is 4.33. The predicted molar refractivity (Wildman–Crippen MR) is 61.8 cm³/mol. The van der Waals surface area contributed by atoms with E-state index in [4.69, 9.17) is 0 Å². The van der Waals surface area contributed by atoms with E-state index in [1.165, 1.54) is 0 Å². The molecule has 0 fully saturated rings. The van der Waals surface area contributed by atoms with E-state index < -0.39 is 0 Å². The summed E-state index contributed by atoms with van der Waals surface area (Å²) >= 11 is 3.22. The molecule has 5 heteroatoms. The molecule has 3 rings (SSSR count). The zero-order valence-corrected chi connectivity index (χ0v) is 9.22. The molecule has 0 atom stereocenters. The quantitative estimate of drug-likeness (QED) is 0.639. The third kappa shape index (κ3) is 1.24. The van der Waals surface area contributed by atoms with Gasteiger partial charge in [-0.3, -0.25) is 9.20 Å². The van der Waals surface area contributed by atoms with Crippen LogP contribution in [0.25, 0.3) is 15.3 Å². The Bertz CT molecular complexity index is 606. The van der Waals surface area contributed by atoms with Crippen molar-refractivity contribution in [2.24, 2.45) is 0 Å². The summed E-state index contributed by atoms with van der Waals surface area (Å²) in [7, 11) is 0. The molecule has 0 aliphatic heterocycles. The van der Waals surface area contributed by atoms with Gasteiger partial charge in [0.2, 0.25) is 0 Å². The lowest BCUT2D eigenvalue weighted by atomic mass is 10.2. The van der Waals surface area contributed by atoms with Crippen LogP contribution in [0.2, 0.25) is 0 Å². The summed E-state index contributed by atoms with van der Waals surface area (Å²) in [6.45, 7) is 0. The van der Waals surface area contributed by atoms with E-state index >= 15 is 0 Å². The number of thiophene rings is 1. The molecule has 0 bridgehead atoms. The van der Waals surface area contributed by atoms with Gasteiger partial charge in [-0.2, -0.15) is 11.3 Å². The number of rotatable bonds is 2. The first-order valence-corrected chi connectivity index (χ1v) is 6.08. The Morgan fingerprint density at radius 1 is 1.47 bits per heavy atom. The molecule has 0 radical (unpaired) electrons. The third-order valence-electron chi connectivity index (χ3n) is 2.20. The molecule has 0 saturated carbocycles. The van der Waals surface area contributed by atoms with Crippen molar-refractivity contribution in [1.29, 1.82) is 0 Å². The molecule has 0 aliphatic carbocycles. The first-order valence-electron chi connectivity index (χ1n) is 4.33. The highest BCUT2D eigenvalue weighted by atomic mass is 32.1. The number of hydrogen-bond acceptors (Lipinski definition) is 4. The number of aldehydes is 1. The van der Waals surface area contributed by atoms with Crippen molar-refractivity contribution in [1.82, 2.24) is 9.38 Å². The van der Waals surface area contributed by atoms with E-state index in [0.29, 0.717) is 5.69 Å². The van der Waals surface area contributed by atoms with Crippen LogP contribution in [0.15, 0.2) is 29.4 Å². The number of hydrogen-bond donors (Lipinski definition) is 0. The number of nitrogens with zero attached hydrogens (tertiary/aromatic N) is 2. The fourth-order valence-electron chi connectivity index (χ4n) is 1.52. The Morgan fingerprint density at radius 3 is 3.13 bits per heavy atom. The Kier molecular flexibility index (Phi) is 1.93. The summed E-state index contributed by atoms with van der Waals surface area (Å²) in [5.74, 6) is 0. The number of thiazole rings is 1. The minimum Gasteiger partial charge on any atom is -0.296 e. The molecule has 0 N–H and O–H groups in total. The van der Waals surface area contributed by atoms with Crippen molar-refractivity contribution in [3.63, 3.8) is 0 Å². The number of fused-ring (bicyclic) bond motifs is 1. The van der Waals surface area contributed by atoms with Crippen LogP contribution >= 0.6 is 22.7 Å². The predicted octanol–water partition coefficient (Wildman–Crippen LogP) is 2.94. The van der Waals surface area contributed by atoms with E-state index in [0.717, 1.165) is 21.6 Å². The molecule has 3 aromatic heterocycles. The molecule has 0 aliphatic rings. The fraction of sp³-hybridized carbons (Fsp3) is 0. The highest BCUT2D eigenvalue weighted by Gasteiger charge is 2.13. The average Bonchev–Trinajstić information content (AvgIpc) is 2.93. The SMILES string of the molecule is O=Cc1c(-c2ccsc2)sc2cncn12. The van der Waals surface area contributed by atoms with Crippen LogP contribution in [0.5, 0.6) is 0 Å². The van der Waals surface area contributed by atoms with Gasteiger partial charge in [0.1, 0.15) is 16.9 Å². The Balaban J connectivity index is 2.35. The van der Waals surface area contributed by atoms with Gasteiger partial charge in [-0.25, -0.2) is 4.98 Å². The lowest BCUT2D eigenvalue weighted by Crippen LogP contribution is -1.88. The van der Waals surface area contributed by atoms with Gasteiger partial charge in [0.05, 0.1) is 11.1 Å². The minimum absolute atomic E-state index is 0.686. The summed E-state index contributed by atoms with van der Waals surface area (Å²) < 4.78 is 1.82. The molecule has 3 aromatic rings. The monoisotopic (exact) mass is 234 g/mol. The van der Waals surface area contributed by atoms with Gasteiger partial charge < -0.3 is 0 Å². The fourth-order valence-corrected chi connectivity index (χ4v) is 3.30. The lowest BCUT2D eigenvalue weighted by Gasteiger charge is -1.92.